The topological polar surface area (TPSA) is 50.7 Å². The van der Waals surface area contributed by atoms with Crippen LogP contribution in [0, 0.1) is 5.82 Å². The summed E-state index contributed by atoms with van der Waals surface area (Å²) in [7, 11) is 1.44. The average Bonchev–Trinajstić information content (AvgIpc) is 2.84. The lowest BCUT2D eigenvalue weighted by Gasteiger charge is -2.24. The third kappa shape index (κ3) is 3.43. The van der Waals surface area contributed by atoms with Crippen LogP contribution in [0.5, 0.6) is 5.75 Å². The summed E-state index contributed by atoms with van der Waals surface area (Å²) in [6.07, 6.45) is 0.638. The predicted molar refractivity (Wildman–Crippen MR) is 69.8 cm³/mol. The molecule has 1 heterocycles. The number of halogens is 1. The standard InChI is InChI=1S/C14H20FNO3/c1-10(16-8-14(17)5-6-19-9-14)11-3-4-12(15)13(7-11)18-2/h3-4,7,10,16-17H,5-6,8-9H2,1-2H3. The normalized spacial score (nSPS) is 24.4. The van der Waals surface area contributed by atoms with Crippen molar-refractivity contribution in [2.24, 2.45) is 0 Å². The third-order valence-electron chi connectivity index (χ3n) is 3.49. The van der Waals surface area contributed by atoms with E-state index in [4.69, 9.17) is 9.47 Å². The van der Waals surface area contributed by atoms with Gasteiger partial charge in [0, 0.05) is 25.6 Å². The molecule has 0 radical (unpaired) electrons. The Kier molecular flexibility index (Phi) is 4.39. The van der Waals surface area contributed by atoms with Crippen molar-refractivity contribution < 1.29 is 19.0 Å². The SMILES string of the molecule is COc1cc(C(C)NCC2(O)CCOC2)ccc1F. The number of rotatable bonds is 5. The maximum Gasteiger partial charge on any atom is 0.165 e. The first-order valence-corrected chi connectivity index (χ1v) is 6.41. The molecule has 2 unspecified atom stereocenters. The summed E-state index contributed by atoms with van der Waals surface area (Å²) in [5, 5.41) is 13.4. The molecule has 0 saturated carbocycles. The molecule has 5 heteroatoms. The van der Waals surface area contributed by atoms with Crippen LogP contribution >= 0.6 is 0 Å². The maximum absolute atomic E-state index is 13.3. The Hall–Kier alpha value is -1.17. The molecule has 0 aromatic heterocycles. The highest BCUT2D eigenvalue weighted by Crippen LogP contribution is 2.23. The Balaban J connectivity index is 1.97. The molecule has 1 aromatic carbocycles. The second-order valence-corrected chi connectivity index (χ2v) is 5.02. The van der Waals surface area contributed by atoms with Crippen LogP contribution in [0.2, 0.25) is 0 Å². The van der Waals surface area contributed by atoms with Crippen LogP contribution in [-0.4, -0.2) is 37.6 Å². The fraction of sp³-hybridized carbons (Fsp3) is 0.571. The summed E-state index contributed by atoms with van der Waals surface area (Å²) in [6, 6.07) is 4.77. The van der Waals surface area contributed by atoms with E-state index in [1.54, 1.807) is 12.1 Å². The van der Waals surface area contributed by atoms with Crippen molar-refractivity contribution >= 4 is 0 Å². The minimum absolute atomic E-state index is 0.000810. The summed E-state index contributed by atoms with van der Waals surface area (Å²) in [4.78, 5) is 0. The van der Waals surface area contributed by atoms with Gasteiger partial charge in [0.1, 0.15) is 5.60 Å². The molecule has 0 amide bonds. The molecule has 1 aliphatic rings. The number of ether oxygens (including phenoxy) is 2. The third-order valence-corrected chi connectivity index (χ3v) is 3.49. The molecule has 4 nitrogen and oxygen atoms in total. The number of nitrogens with one attached hydrogen (secondary N) is 1. The van der Waals surface area contributed by atoms with Crippen LogP contribution < -0.4 is 10.1 Å². The second-order valence-electron chi connectivity index (χ2n) is 5.02. The van der Waals surface area contributed by atoms with Crippen molar-refractivity contribution in [3.63, 3.8) is 0 Å². The lowest BCUT2D eigenvalue weighted by molar-refractivity contribution is 0.0252. The van der Waals surface area contributed by atoms with Gasteiger partial charge in [-0.25, -0.2) is 4.39 Å². The quantitative estimate of drug-likeness (QED) is 0.853. The van der Waals surface area contributed by atoms with E-state index in [9.17, 15) is 9.50 Å². The van der Waals surface area contributed by atoms with E-state index in [1.165, 1.54) is 13.2 Å². The van der Waals surface area contributed by atoms with Gasteiger partial charge in [0.25, 0.3) is 0 Å². The Morgan fingerprint density at radius 3 is 3.00 bits per heavy atom. The van der Waals surface area contributed by atoms with Gasteiger partial charge in [0.2, 0.25) is 0 Å². The minimum atomic E-state index is -0.793. The zero-order chi connectivity index (χ0) is 13.9. The maximum atomic E-state index is 13.3. The first-order chi connectivity index (χ1) is 9.04. The zero-order valence-electron chi connectivity index (χ0n) is 11.3. The number of hydrogen-bond acceptors (Lipinski definition) is 4. The van der Waals surface area contributed by atoms with Crippen molar-refractivity contribution in [3.05, 3.63) is 29.6 Å². The first-order valence-electron chi connectivity index (χ1n) is 6.41. The van der Waals surface area contributed by atoms with Gasteiger partial charge in [-0.3, -0.25) is 0 Å². The highest BCUT2D eigenvalue weighted by molar-refractivity contribution is 5.31. The predicted octanol–water partition coefficient (Wildman–Crippen LogP) is 1.64. The largest absolute Gasteiger partial charge is 0.494 e. The van der Waals surface area contributed by atoms with E-state index in [0.717, 1.165) is 5.56 Å². The molecular formula is C14H20FNO3. The van der Waals surface area contributed by atoms with E-state index < -0.39 is 5.60 Å². The molecule has 19 heavy (non-hydrogen) atoms. The van der Waals surface area contributed by atoms with Crippen molar-refractivity contribution in [1.82, 2.24) is 5.32 Å². The first kappa shape index (κ1) is 14.2. The highest BCUT2D eigenvalue weighted by Gasteiger charge is 2.32. The number of aliphatic hydroxyl groups is 1. The van der Waals surface area contributed by atoms with Crippen molar-refractivity contribution in [3.8, 4) is 5.75 Å². The fourth-order valence-electron chi connectivity index (χ4n) is 2.14. The molecule has 1 aliphatic heterocycles. The fourth-order valence-corrected chi connectivity index (χ4v) is 2.14. The van der Waals surface area contributed by atoms with Gasteiger partial charge in [-0.05, 0) is 24.6 Å². The summed E-state index contributed by atoms with van der Waals surface area (Å²) in [5.41, 5.74) is 0.124. The lowest BCUT2D eigenvalue weighted by Crippen LogP contribution is -2.41. The molecule has 1 saturated heterocycles. The van der Waals surface area contributed by atoms with E-state index in [0.29, 0.717) is 26.2 Å². The molecule has 2 N–H and O–H groups in total. The van der Waals surface area contributed by atoms with Gasteiger partial charge in [0.15, 0.2) is 11.6 Å². The second kappa shape index (κ2) is 5.86. The zero-order valence-corrected chi connectivity index (χ0v) is 11.3. The van der Waals surface area contributed by atoms with Gasteiger partial charge in [0.05, 0.1) is 13.7 Å². The van der Waals surface area contributed by atoms with E-state index >= 15 is 0 Å². The van der Waals surface area contributed by atoms with E-state index in [-0.39, 0.29) is 17.6 Å². The molecule has 0 aliphatic carbocycles. The smallest absolute Gasteiger partial charge is 0.165 e. The molecule has 0 spiro atoms. The van der Waals surface area contributed by atoms with E-state index in [2.05, 4.69) is 5.32 Å². The molecule has 1 fully saturated rings. The summed E-state index contributed by atoms with van der Waals surface area (Å²) in [5.74, 6) is -0.143. The van der Waals surface area contributed by atoms with Crippen LogP contribution in [0.3, 0.4) is 0 Å². The summed E-state index contributed by atoms with van der Waals surface area (Å²) in [6.45, 7) is 3.37. The highest BCUT2D eigenvalue weighted by atomic mass is 19.1. The van der Waals surface area contributed by atoms with Crippen LogP contribution in [0.1, 0.15) is 24.9 Å². The van der Waals surface area contributed by atoms with Crippen molar-refractivity contribution in [1.29, 1.82) is 0 Å². The van der Waals surface area contributed by atoms with Crippen LogP contribution in [0.4, 0.5) is 4.39 Å². The van der Waals surface area contributed by atoms with Crippen molar-refractivity contribution in [2.45, 2.75) is 25.0 Å². The van der Waals surface area contributed by atoms with Crippen molar-refractivity contribution in [2.75, 3.05) is 26.9 Å². The van der Waals surface area contributed by atoms with Gasteiger partial charge < -0.3 is 19.9 Å². The summed E-state index contributed by atoms with van der Waals surface area (Å²) >= 11 is 0. The van der Waals surface area contributed by atoms with Gasteiger partial charge in [-0.1, -0.05) is 6.07 Å². The van der Waals surface area contributed by atoms with Gasteiger partial charge in [-0.2, -0.15) is 0 Å². The van der Waals surface area contributed by atoms with E-state index in [1.807, 2.05) is 6.92 Å². The molecule has 2 atom stereocenters. The molecule has 2 rings (SSSR count). The average molecular weight is 269 g/mol. The number of benzene rings is 1. The Morgan fingerprint density at radius 2 is 2.37 bits per heavy atom. The van der Waals surface area contributed by atoms with Crippen LogP contribution in [-0.2, 0) is 4.74 Å². The monoisotopic (exact) mass is 269 g/mol. The molecule has 106 valence electrons. The molecule has 1 aromatic rings. The molecule has 0 bridgehead atoms. The van der Waals surface area contributed by atoms with Gasteiger partial charge in [-0.15, -0.1) is 0 Å². The number of methoxy groups -OCH3 is 1. The number of hydrogen-bond donors (Lipinski definition) is 2. The Morgan fingerprint density at radius 1 is 1.58 bits per heavy atom. The minimum Gasteiger partial charge on any atom is -0.494 e. The Bertz CT molecular complexity index is 433. The lowest BCUT2D eigenvalue weighted by atomic mass is 10.0. The van der Waals surface area contributed by atoms with Crippen LogP contribution in [0.25, 0.3) is 0 Å². The summed E-state index contributed by atoms with van der Waals surface area (Å²) < 4.78 is 23.5. The van der Waals surface area contributed by atoms with Crippen LogP contribution in [0.15, 0.2) is 18.2 Å². The van der Waals surface area contributed by atoms with Gasteiger partial charge >= 0.3 is 0 Å². The Labute approximate surface area is 112 Å². The molecular weight excluding hydrogens is 249 g/mol.